The van der Waals surface area contributed by atoms with Crippen LogP contribution in [0.5, 0.6) is 0 Å². The van der Waals surface area contributed by atoms with Crippen molar-refractivity contribution in [1.82, 2.24) is 0 Å². The van der Waals surface area contributed by atoms with Gasteiger partial charge in [-0.15, -0.1) is 0 Å². The second-order valence-electron chi connectivity index (χ2n) is 5.35. The fourth-order valence-electron chi connectivity index (χ4n) is 2.08. The lowest BCUT2D eigenvalue weighted by Gasteiger charge is -2.12. The van der Waals surface area contributed by atoms with Crippen LogP contribution >= 0.6 is 11.6 Å². The Morgan fingerprint density at radius 2 is 1.67 bits per heavy atom. The number of para-hydroxylation sites is 1. The van der Waals surface area contributed by atoms with Gasteiger partial charge in [0, 0.05) is 17.3 Å². The van der Waals surface area contributed by atoms with E-state index in [2.05, 4.69) is 10.6 Å². The molecule has 0 aromatic heterocycles. The van der Waals surface area contributed by atoms with E-state index < -0.39 is 24.4 Å². The highest BCUT2D eigenvalue weighted by Crippen LogP contribution is 2.19. The van der Waals surface area contributed by atoms with Gasteiger partial charge in [0.2, 0.25) is 0 Å². The van der Waals surface area contributed by atoms with Crippen molar-refractivity contribution < 1.29 is 23.9 Å². The molecule has 2 aromatic rings. The molecule has 0 spiro atoms. The van der Waals surface area contributed by atoms with E-state index in [4.69, 9.17) is 21.1 Å². The van der Waals surface area contributed by atoms with Crippen LogP contribution in [0.15, 0.2) is 48.5 Å². The van der Waals surface area contributed by atoms with Gasteiger partial charge in [0.15, 0.2) is 6.61 Å². The largest absolute Gasteiger partial charge is 0.454 e. The number of carbonyl (C=O) groups is 3. The van der Waals surface area contributed by atoms with E-state index in [0.717, 1.165) is 0 Å². The zero-order chi connectivity index (χ0) is 19.6. The van der Waals surface area contributed by atoms with Gasteiger partial charge in [-0.05, 0) is 43.3 Å². The summed E-state index contributed by atoms with van der Waals surface area (Å²) in [6.07, 6.45) is 0. The summed E-state index contributed by atoms with van der Waals surface area (Å²) in [7, 11) is 0. The third kappa shape index (κ3) is 6.73. The standard InChI is InChI=1S/C19H19ClN2O5/c1-2-26-12-18(24)27-11-17(23)22-16-6-4-3-5-15(16)19(25)21-14-9-7-13(20)8-10-14/h3-10H,2,11-12H2,1H3,(H,21,25)(H,22,23). The Kier molecular flexibility index (Phi) is 7.79. The number of hydrogen-bond donors (Lipinski definition) is 2. The fraction of sp³-hybridized carbons (Fsp3) is 0.211. The molecule has 0 aliphatic rings. The molecule has 0 aliphatic heterocycles. The van der Waals surface area contributed by atoms with Gasteiger partial charge in [0.1, 0.15) is 6.61 Å². The lowest BCUT2D eigenvalue weighted by atomic mass is 10.1. The molecule has 8 heteroatoms. The number of benzene rings is 2. The SMILES string of the molecule is CCOCC(=O)OCC(=O)Nc1ccccc1C(=O)Nc1ccc(Cl)cc1. The van der Waals surface area contributed by atoms with Crippen LogP contribution in [0, 0.1) is 0 Å². The molecule has 0 bridgehead atoms. The number of anilines is 2. The first kappa shape index (κ1) is 20.4. The first-order valence-corrected chi connectivity index (χ1v) is 8.56. The van der Waals surface area contributed by atoms with E-state index >= 15 is 0 Å². The molecule has 2 amide bonds. The maximum absolute atomic E-state index is 12.5. The molecule has 0 saturated carbocycles. The van der Waals surface area contributed by atoms with E-state index in [-0.39, 0.29) is 12.2 Å². The molecule has 0 saturated heterocycles. The molecule has 7 nitrogen and oxygen atoms in total. The van der Waals surface area contributed by atoms with Crippen LogP contribution in [-0.4, -0.2) is 37.6 Å². The van der Waals surface area contributed by atoms with Gasteiger partial charge < -0.3 is 20.1 Å². The smallest absolute Gasteiger partial charge is 0.332 e. The normalized spacial score (nSPS) is 10.1. The Labute approximate surface area is 161 Å². The predicted octanol–water partition coefficient (Wildman–Crippen LogP) is 3.11. The van der Waals surface area contributed by atoms with Crippen molar-refractivity contribution in [2.24, 2.45) is 0 Å². The molecule has 2 aromatic carbocycles. The minimum absolute atomic E-state index is 0.218. The Hall–Kier alpha value is -2.90. The number of hydrogen-bond acceptors (Lipinski definition) is 5. The van der Waals surface area contributed by atoms with Crippen molar-refractivity contribution in [2.45, 2.75) is 6.92 Å². The third-order valence-corrected chi connectivity index (χ3v) is 3.59. The van der Waals surface area contributed by atoms with E-state index in [1.165, 1.54) is 0 Å². The van der Waals surface area contributed by atoms with Gasteiger partial charge in [-0.25, -0.2) is 4.79 Å². The van der Waals surface area contributed by atoms with Crippen LogP contribution in [-0.2, 0) is 19.1 Å². The first-order chi connectivity index (χ1) is 13.0. The molecule has 0 radical (unpaired) electrons. The first-order valence-electron chi connectivity index (χ1n) is 8.18. The van der Waals surface area contributed by atoms with Crippen molar-refractivity contribution in [2.75, 3.05) is 30.5 Å². The summed E-state index contributed by atoms with van der Waals surface area (Å²) in [4.78, 5) is 35.8. The summed E-state index contributed by atoms with van der Waals surface area (Å²) in [5.74, 6) is -1.60. The number of esters is 1. The van der Waals surface area contributed by atoms with Gasteiger partial charge in [-0.3, -0.25) is 9.59 Å². The highest BCUT2D eigenvalue weighted by molar-refractivity contribution is 6.30. The maximum atomic E-state index is 12.5. The second kappa shape index (κ2) is 10.3. The highest BCUT2D eigenvalue weighted by Gasteiger charge is 2.14. The van der Waals surface area contributed by atoms with Crippen molar-refractivity contribution in [3.8, 4) is 0 Å². The van der Waals surface area contributed by atoms with Crippen LogP contribution < -0.4 is 10.6 Å². The predicted molar refractivity (Wildman–Crippen MR) is 102 cm³/mol. The van der Waals surface area contributed by atoms with Crippen LogP contribution in [0.3, 0.4) is 0 Å². The van der Waals surface area contributed by atoms with Gasteiger partial charge in [-0.1, -0.05) is 23.7 Å². The molecule has 142 valence electrons. The number of rotatable bonds is 8. The Bertz CT molecular complexity index is 808. The molecule has 0 heterocycles. The van der Waals surface area contributed by atoms with E-state index in [9.17, 15) is 14.4 Å². The molecular formula is C19H19ClN2O5. The van der Waals surface area contributed by atoms with Gasteiger partial charge >= 0.3 is 5.97 Å². The molecule has 0 atom stereocenters. The van der Waals surface area contributed by atoms with Crippen molar-refractivity contribution >= 4 is 40.8 Å². The molecule has 0 aliphatic carbocycles. The average Bonchev–Trinajstić information content (AvgIpc) is 2.67. The van der Waals surface area contributed by atoms with Gasteiger partial charge in [0.05, 0.1) is 11.3 Å². The Morgan fingerprint density at radius 3 is 2.37 bits per heavy atom. The maximum Gasteiger partial charge on any atom is 0.332 e. The van der Waals surface area contributed by atoms with Gasteiger partial charge in [0.25, 0.3) is 11.8 Å². The molecule has 0 fully saturated rings. The minimum Gasteiger partial charge on any atom is -0.454 e. The molecule has 27 heavy (non-hydrogen) atoms. The topological polar surface area (TPSA) is 93.7 Å². The molecule has 2 rings (SSSR count). The number of carbonyl (C=O) groups excluding carboxylic acids is 3. The molecule has 0 unspecified atom stereocenters. The fourth-order valence-corrected chi connectivity index (χ4v) is 2.21. The minimum atomic E-state index is -0.638. The lowest BCUT2D eigenvalue weighted by Crippen LogP contribution is -2.24. The number of ether oxygens (including phenoxy) is 2. The van der Waals surface area contributed by atoms with Crippen LogP contribution in [0.2, 0.25) is 5.02 Å². The third-order valence-electron chi connectivity index (χ3n) is 3.34. The van der Waals surface area contributed by atoms with Crippen LogP contribution in [0.25, 0.3) is 0 Å². The zero-order valence-electron chi connectivity index (χ0n) is 14.7. The summed E-state index contributed by atoms with van der Waals surface area (Å²) in [5.41, 5.74) is 1.13. The second-order valence-corrected chi connectivity index (χ2v) is 5.79. The summed E-state index contributed by atoms with van der Waals surface area (Å²) in [6, 6.07) is 13.1. The average molecular weight is 391 g/mol. The molecular weight excluding hydrogens is 372 g/mol. The van der Waals surface area contributed by atoms with Crippen molar-refractivity contribution in [3.05, 3.63) is 59.1 Å². The summed E-state index contributed by atoms with van der Waals surface area (Å²) in [5, 5.41) is 5.84. The number of amides is 2. The Balaban J connectivity index is 1.98. The van der Waals surface area contributed by atoms with Crippen LogP contribution in [0.1, 0.15) is 17.3 Å². The summed E-state index contributed by atoms with van der Waals surface area (Å²) >= 11 is 5.82. The number of nitrogens with one attached hydrogen (secondary N) is 2. The van der Waals surface area contributed by atoms with Crippen LogP contribution in [0.4, 0.5) is 11.4 Å². The van der Waals surface area contributed by atoms with E-state index in [1.807, 2.05) is 0 Å². The lowest BCUT2D eigenvalue weighted by molar-refractivity contribution is -0.151. The van der Waals surface area contributed by atoms with E-state index in [0.29, 0.717) is 23.0 Å². The summed E-state index contributed by atoms with van der Waals surface area (Å²) in [6.45, 7) is 1.42. The van der Waals surface area contributed by atoms with E-state index in [1.54, 1.807) is 55.5 Å². The molecule has 2 N–H and O–H groups in total. The highest BCUT2D eigenvalue weighted by atomic mass is 35.5. The van der Waals surface area contributed by atoms with Crippen molar-refractivity contribution in [1.29, 1.82) is 0 Å². The Morgan fingerprint density at radius 1 is 0.963 bits per heavy atom. The quantitative estimate of drug-likeness (QED) is 0.675. The summed E-state index contributed by atoms with van der Waals surface area (Å²) < 4.78 is 9.69. The number of halogens is 1. The van der Waals surface area contributed by atoms with Gasteiger partial charge in [-0.2, -0.15) is 0 Å². The monoisotopic (exact) mass is 390 g/mol. The van der Waals surface area contributed by atoms with Crippen molar-refractivity contribution in [3.63, 3.8) is 0 Å². The zero-order valence-corrected chi connectivity index (χ0v) is 15.4.